The lowest BCUT2D eigenvalue weighted by molar-refractivity contribution is -0.122. The molecule has 25 heavy (non-hydrogen) atoms. The van der Waals surface area contributed by atoms with Crippen LogP contribution < -0.4 is 5.32 Å². The highest BCUT2D eigenvalue weighted by atomic mass is 19.1. The van der Waals surface area contributed by atoms with E-state index < -0.39 is 6.10 Å². The zero-order valence-electron chi connectivity index (χ0n) is 14.1. The predicted molar refractivity (Wildman–Crippen MR) is 94.2 cm³/mol. The van der Waals surface area contributed by atoms with Gasteiger partial charge in [0, 0.05) is 19.1 Å². The Morgan fingerprint density at radius 2 is 1.84 bits per heavy atom. The average Bonchev–Trinajstić information content (AvgIpc) is 3.46. The number of halogens is 1. The van der Waals surface area contributed by atoms with E-state index >= 15 is 0 Å². The second-order valence-electron chi connectivity index (χ2n) is 6.49. The Bertz CT molecular complexity index is 687. The van der Waals surface area contributed by atoms with Crippen molar-refractivity contribution < 1.29 is 14.3 Å². The molecule has 1 fully saturated rings. The van der Waals surface area contributed by atoms with Gasteiger partial charge in [0.1, 0.15) is 5.82 Å². The summed E-state index contributed by atoms with van der Waals surface area (Å²) in [5, 5.41) is 13.3. The van der Waals surface area contributed by atoms with E-state index in [2.05, 4.69) is 5.32 Å². The Morgan fingerprint density at radius 1 is 1.16 bits per heavy atom. The van der Waals surface area contributed by atoms with E-state index in [9.17, 15) is 14.3 Å². The van der Waals surface area contributed by atoms with Gasteiger partial charge >= 0.3 is 0 Å². The zero-order valence-corrected chi connectivity index (χ0v) is 14.1. The highest BCUT2D eigenvalue weighted by Gasteiger charge is 2.31. The summed E-state index contributed by atoms with van der Waals surface area (Å²) in [5.74, 6) is -0.377. The molecule has 0 aromatic heterocycles. The molecule has 3 rings (SSSR count). The van der Waals surface area contributed by atoms with Crippen molar-refractivity contribution in [2.45, 2.75) is 31.5 Å². The van der Waals surface area contributed by atoms with Gasteiger partial charge in [0.2, 0.25) is 5.91 Å². The first-order chi connectivity index (χ1) is 12.1. The number of aliphatic hydroxyl groups excluding tert-OH is 1. The van der Waals surface area contributed by atoms with Gasteiger partial charge in [-0.25, -0.2) is 4.39 Å². The largest absolute Gasteiger partial charge is 0.387 e. The first-order valence-corrected chi connectivity index (χ1v) is 8.60. The molecule has 132 valence electrons. The van der Waals surface area contributed by atoms with Crippen molar-refractivity contribution in [2.75, 3.05) is 13.1 Å². The summed E-state index contributed by atoms with van der Waals surface area (Å²) < 4.78 is 13.0. The van der Waals surface area contributed by atoms with Crippen LogP contribution in [0.3, 0.4) is 0 Å². The molecule has 0 spiro atoms. The number of rotatable bonds is 8. The third-order valence-corrected chi connectivity index (χ3v) is 4.40. The Morgan fingerprint density at radius 3 is 2.48 bits per heavy atom. The Balaban J connectivity index is 1.52. The number of carbonyl (C=O) groups is 1. The molecular weight excluding hydrogens is 319 g/mol. The molecule has 0 aliphatic heterocycles. The molecule has 2 N–H and O–H groups in total. The summed E-state index contributed by atoms with van der Waals surface area (Å²) in [6.45, 7) is 1.13. The van der Waals surface area contributed by atoms with E-state index in [1.54, 1.807) is 12.1 Å². The first-order valence-electron chi connectivity index (χ1n) is 8.60. The number of amides is 1. The summed E-state index contributed by atoms with van der Waals surface area (Å²) in [4.78, 5) is 14.2. The molecule has 5 heteroatoms. The fourth-order valence-corrected chi connectivity index (χ4v) is 2.83. The van der Waals surface area contributed by atoms with Gasteiger partial charge < -0.3 is 10.4 Å². The molecule has 2 aromatic rings. The number of hydrogen-bond donors (Lipinski definition) is 2. The van der Waals surface area contributed by atoms with Gasteiger partial charge in [-0.2, -0.15) is 0 Å². The minimum absolute atomic E-state index is 0.0536. The Kier molecular flexibility index (Phi) is 5.79. The van der Waals surface area contributed by atoms with Gasteiger partial charge in [-0.3, -0.25) is 9.69 Å². The fourth-order valence-electron chi connectivity index (χ4n) is 2.83. The van der Waals surface area contributed by atoms with Gasteiger partial charge in [-0.1, -0.05) is 42.5 Å². The van der Waals surface area contributed by atoms with Crippen molar-refractivity contribution in [3.8, 4) is 0 Å². The molecule has 0 saturated heterocycles. The number of aliphatic hydroxyl groups is 1. The monoisotopic (exact) mass is 342 g/mol. The lowest BCUT2D eigenvalue weighted by atomic mass is 10.1. The van der Waals surface area contributed by atoms with Crippen molar-refractivity contribution in [1.82, 2.24) is 10.2 Å². The molecule has 1 atom stereocenters. The minimum atomic E-state index is -0.733. The number of hydrogen-bond acceptors (Lipinski definition) is 3. The normalized spacial score (nSPS) is 15.2. The number of nitrogens with zero attached hydrogens (tertiary/aromatic N) is 1. The molecule has 1 amide bonds. The van der Waals surface area contributed by atoms with Crippen molar-refractivity contribution in [3.05, 3.63) is 71.5 Å². The third-order valence-electron chi connectivity index (χ3n) is 4.40. The summed E-state index contributed by atoms with van der Waals surface area (Å²) in [7, 11) is 0. The van der Waals surface area contributed by atoms with Crippen LogP contribution in [0.2, 0.25) is 0 Å². The van der Waals surface area contributed by atoms with Gasteiger partial charge in [0.05, 0.1) is 12.6 Å². The predicted octanol–water partition coefficient (Wildman–Crippen LogP) is 2.64. The van der Waals surface area contributed by atoms with Crippen LogP contribution >= 0.6 is 0 Å². The SMILES string of the molecule is O=C(CN(CC(O)c1ccc(F)cc1)C1CC1)NCc1ccccc1. The van der Waals surface area contributed by atoms with Crippen LogP contribution in [0.15, 0.2) is 54.6 Å². The van der Waals surface area contributed by atoms with E-state index in [0.29, 0.717) is 24.7 Å². The van der Waals surface area contributed by atoms with E-state index in [4.69, 9.17) is 0 Å². The van der Waals surface area contributed by atoms with Crippen LogP contribution in [0.4, 0.5) is 4.39 Å². The van der Waals surface area contributed by atoms with Crippen LogP contribution in [0.5, 0.6) is 0 Å². The van der Waals surface area contributed by atoms with Gasteiger partial charge in [-0.15, -0.1) is 0 Å². The van der Waals surface area contributed by atoms with Crippen molar-refractivity contribution >= 4 is 5.91 Å². The minimum Gasteiger partial charge on any atom is -0.387 e. The maximum absolute atomic E-state index is 13.0. The third kappa shape index (κ3) is 5.37. The van der Waals surface area contributed by atoms with E-state index in [-0.39, 0.29) is 18.3 Å². The molecule has 2 aromatic carbocycles. The second kappa shape index (κ2) is 8.23. The van der Waals surface area contributed by atoms with Crippen LogP contribution in [0, 0.1) is 5.82 Å². The summed E-state index contributed by atoms with van der Waals surface area (Å²) in [6, 6.07) is 16.0. The molecule has 1 saturated carbocycles. The van der Waals surface area contributed by atoms with Gasteiger partial charge in [0.15, 0.2) is 0 Å². The fraction of sp³-hybridized carbons (Fsp3) is 0.350. The molecule has 1 aliphatic carbocycles. The highest BCUT2D eigenvalue weighted by molar-refractivity contribution is 5.78. The molecule has 0 heterocycles. The zero-order chi connectivity index (χ0) is 17.6. The van der Waals surface area contributed by atoms with Crippen molar-refractivity contribution in [1.29, 1.82) is 0 Å². The van der Waals surface area contributed by atoms with E-state index in [1.807, 2.05) is 35.2 Å². The second-order valence-corrected chi connectivity index (χ2v) is 6.49. The highest BCUT2D eigenvalue weighted by Crippen LogP contribution is 2.28. The first kappa shape index (κ1) is 17.6. The number of benzene rings is 2. The number of carbonyl (C=O) groups excluding carboxylic acids is 1. The quantitative estimate of drug-likeness (QED) is 0.775. The van der Waals surface area contributed by atoms with Crippen molar-refractivity contribution in [3.63, 3.8) is 0 Å². The average molecular weight is 342 g/mol. The summed E-state index contributed by atoms with van der Waals surface area (Å²) in [6.07, 6.45) is 1.35. The van der Waals surface area contributed by atoms with Crippen LogP contribution in [0.1, 0.15) is 30.1 Å². The molecule has 0 radical (unpaired) electrons. The lowest BCUT2D eigenvalue weighted by Gasteiger charge is -2.24. The van der Waals surface area contributed by atoms with Crippen LogP contribution in [-0.2, 0) is 11.3 Å². The molecule has 4 nitrogen and oxygen atoms in total. The maximum atomic E-state index is 13.0. The topological polar surface area (TPSA) is 52.6 Å². The van der Waals surface area contributed by atoms with E-state index in [0.717, 1.165) is 18.4 Å². The summed E-state index contributed by atoms with van der Waals surface area (Å²) >= 11 is 0. The standard InChI is InChI=1S/C20H23FN2O2/c21-17-8-6-16(7-9-17)19(24)13-23(18-10-11-18)14-20(25)22-12-15-4-2-1-3-5-15/h1-9,18-19,24H,10-14H2,(H,22,25). The summed E-state index contributed by atoms with van der Waals surface area (Å²) in [5.41, 5.74) is 1.72. The Labute approximate surface area is 147 Å². The molecule has 1 aliphatic rings. The van der Waals surface area contributed by atoms with E-state index in [1.165, 1.54) is 12.1 Å². The van der Waals surface area contributed by atoms with Crippen molar-refractivity contribution in [2.24, 2.45) is 0 Å². The van der Waals surface area contributed by atoms with Gasteiger partial charge in [-0.05, 0) is 36.1 Å². The van der Waals surface area contributed by atoms with Crippen LogP contribution in [-0.4, -0.2) is 35.0 Å². The molecule has 1 unspecified atom stereocenters. The molecular formula is C20H23FN2O2. The lowest BCUT2D eigenvalue weighted by Crippen LogP contribution is -2.40. The van der Waals surface area contributed by atoms with Gasteiger partial charge in [0.25, 0.3) is 0 Å². The maximum Gasteiger partial charge on any atom is 0.234 e. The Hall–Kier alpha value is -2.24. The van der Waals surface area contributed by atoms with Crippen LogP contribution in [0.25, 0.3) is 0 Å². The smallest absolute Gasteiger partial charge is 0.234 e. The molecule has 0 bridgehead atoms. The number of nitrogens with one attached hydrogen (secondary N) is 1.